The van der Waals surface area contributed by atoms with Gasteiger partial charge in [0, 0.05) is 23.7 Å². The van der Waals surface area contributed by atoms with E-state index < -0.39 is 0 Å². The lowest BCUT2D eigenvalue weighted by Crippen LogP contribution is -3.00. The molecule has 0 atom stereocenters. The molecule has 138 valence electrons. The van der Waals surface area contributed by atoms with Gasteiger partial charge in [-0.25, -0.2) is 0 Å². The van der Waals surface area contributed by atoms with E-state index in [1.54, 1.807) is 0 Å². The first-order valence-electron chi connectivity index (χ1n) is 7.78. The summed E-state index contributed by atoms with van der Waals surface area (Å²) in [5.74, 6) is 1.34. The molecule has 0 saturated heterocycles. The Hall–Kier alpha value is -0.980. The molecule has 2 rings (SSSR count). The molecule has 0 unspecified atom stereocenters. The number of halogens is 3. The van der Waals surface area contributed by atoms with Gasteiger partial charge in [0.1, 0.15) is 6.61 Å². The van der Waals surface area contributed by atoms with E-state index in [-0.39, 0.29) is 19.0 Å². The fraction of sp³-hybridized carbons (Fsp3) is 0.333. The third-order valence-electron chi connectivity index (χ3n) is 3.32. The van der Waals surface area contributed by atoms with Crippen LogP contribution in [0.3, 0.4) is 0 Å². The molecule has 25 heavy (non-hydrogen) atoms. The summed E-state index contributed by atoms with van der Waals surface area (Å²) >= 11 is 9.73. The maximum atomic E-state index is 8.86. The van der Waals surface area contributed by atoms with Crippen LogP contribution < -0.4 is 27.2 Å². The van der Waals surface area contributed by atoms with E-state index in [1.807, 2.05) is 43.3 Å². The number of hydrogen-bond donors (Lipinski definition) is 2. The standard InChI is InChI=1S/C18H21BrClNO3.ClH/c1-2-23-17-10-13(11-21-7-8-22)9-15(19)18(17)24-12-14-5-3-4-6-16(14)20;/h3-6,9-10,21-22H,2,7-8,11-12H2,1H3;1H/p-1. The van der Waals surface area contributed by atoms with Crippen molar-refractivity contribution in [1.29, 1.82) is 0 Å². The molecular formula is C18H21BrCl2NO3-. The molecule has 0 aromatic heterocycles. The second-order valence-electron chi connectivity index (χ2n) is 5.12. The lowest BCUT2D eigenvalue weighted by molar-refractivity contribution is -0.00000655. The van der Waals surface area contributed by atoms with Gasteiger partial charge in [-0.3, -0.25) is 0 Å². The minimum absolute atomic E-state index is 0. The molecular weight excluding hydrogens is 429 g/mol. The maximum Gasteiger partial charge on any atom is 0.175 e. The van der Waals surface area contributed by atoms with Gasteiger partial charge in [-0.05, 0) is 46.6 Å². The average molecular weight is 450 g/mol. The quantitative estimate of drug-likeness (QED) is 0.564. The van der Waals surface area contributed by atoms with Crippen LogP contribution in [0.25, 0.3) is 0 Å². The van der Waals surface area contributed by atoms with E-state index in [1.165, 1.54) is 0 Å². The van der Waals surface area contributed by atoms with E-state index in [9.17, 15) is 0 Å². The first kappa shape index (κ1) is 22.1. The normalized spacial score (nSPS) is 10.2. The van der Waals surface area contributed by atoms with Crippen molar-refractivity contribution in [2.45, 2.75) is 20.1 Å². The predicted molar refractivity (Wildman–Crippen MR) is 99.9 cm³/mol. The van der Waals surface area contributed by atoms with Gasteiger partial charge in [-0.15, -0.1) is 0 Å². The van der Waals surface area contributed by atoms with E-state index in [2.05, 4.69) is 21.2 Å². The van der Waals surface area contributed by atoms with Gasteiger partial charge in [-0.1, -0.05) is 29.8 Å². The van der Waals surface area contributed by atoms with Crippen molar-refractivity contribution in [3.05, 3.63) is 57.0 Å². The van der Waals surface area contributed by atoms with Crippen LogP contribution >= 0.6 is 27.5 Å². The number of benzene rings is 2. The zero-order valence-electron chi connectivity index (χ0n) is 13.9. The van der Waals surface area contributed by atoms with Gasteiger partial charge in [0.2, 0.25) is 0 Å². The number of ether oxygens (including phenoxy) is 2. The fourth-order valence-corrected chi connectivity index (χ4v) is 3.00. The number of nitrogens with one attached hydrogen (secondary N) is 1. The van der Waals surface area contributed by atoms with Crippen molar-refractivity contribution >= 4 is 27.5 Å². The summed E-state index contributed by atoms with van der Waals surface area (Å²) in [6.07, 6.45) is 0. The third-order valence-corrected chi connectivity index (χ3v) is 4.27. The molecule has 0 aliphatic rings. The summed E-state index contributed by atoms with van der Waals surface area (Å²) in [7, 11) is 0. The summed E-state index contributed by atoms with van der Waals surface area (Å²) in [5.41, 5.74) is 1.96. The molecule has 0 heterocycles. The molecule has 4 nitrogen and oxygen atoms in total. The van der Waals surface area contributed by atoms with Crippen molar-refractivity contribution < 1.29 is 27.0 Å². The Balaban J connectivity index is 0.00000312. The van der Waals surface area contributed by atoms with Gasteiger partial charge >= 0.3 is 0 Å². The van der Waals surface area contributed by atoms with Crippen LogP contribution in [-0.2, 0) is 13.2 Å². The highest BCUT2D eigenvalue weighted by Crippen LogP contribution is 2.37. The predicted octanol–water partition coefficient (Wildman–Crippen LogP) is 1.17. The first-order chi connectivity index (χ1) is 11.7. The van der Waals surface area contributed by atoms with Crippen molar-refractivity contribution in [1.82, 2.24) is 5.32 Å². The lowest BCUT2D eigenvalue weighted by atomic mass is 10.2. The van der Waals surface area contributed by atoms with Crippen LogP contribution in [0.4, 0.5) is 0 Å². The van der Waals surface area contributed by atoms with E-state index in [0.29, 0.717) is 42.8 Å². The molecule has 2 aromatic rings. The zero-order valence-corrected chi connectivity index (χ0v) is 17.0. The molecule has 0 bridgehead atoms. The Labute approximate surface area is 168 Å². The Morgan fingerprint density at radius 3 is 2.64 bits per heavy atom. The maximum absolute atomic E-state index is 8.86. The van der Waals surface area contributed by atoms with Crippen LogP contribution in [0.1, 0.15) is 18.1 Å². The van der Waals surface area contributed by atoms with Crippen molar-refractivity contribution in [2.24, 2.45) is 0 Å². The van der Waals surface area contributed by atoms with Crippen LogP contribution in [0, 0.1) is 0 Å². The van der Waals surface area contributed by atoms with Crippen molar-refractivity contribution in [2.75, 3.05) is 19.8 Å². The van der Waals surface area contributed by atoms with E-state index in [0.717, 1.165) is 15.6 Å². The SMILES string of the molecule is CCOc1cc(CNCCO)cc(Br)c1OCc1ccccc1Cl.[Cl-]. The highest BCUT2D eigenvalue weighted by Gasteiger charge is 2.13. The molecule has 0 spiro atoms. The molecule has 7 heteroatoms. The highest BCUT2D eigenvalue weighted by atomic mass is 79.9. The Kier molecular flexibility index (Phi) is 10.2. The van der Waals surface area contributed by atoms with Crippen LogP contribution in [0.15, 0.2) is 40.9 Å². The third kappa shape index (κ3) is 6.68. The molecule has 2 N–H and O–H groups in total. The number of rotatable bonds is 9. The lowest BCUT2D eigenvalue weighted by Gasteiger charge is -2.16. The van der Waals surface area contributed by atoms with Gasteiger partial charge in [-0.2, -0.15) is 0 Å². The summed E-state index contributed by atoms with van der Waals surface area (Å²) in [6.45, 7) is 4.14. The molecule has 0 radical (unpaired) electrons. The Bertz CT molecular complexity index is 671. The Morgan fingerprint density at radius 2 is 1.96 bits per heavy atom. The van der Waals surface area contributed by atoms with Gasteiger partial charge < -0.3 is 32.3 Å². The van der Waals surface area contributed by atoms with E-state index >= 15 is 0 Å². The topological polar surface area (TPSA) is 50.7 Å². The Morgan fingerprint density at radius 1 is 1.20 bits per heavy atom. The average Bonchev–Trinajstić information content (AvgIpc) is 2.56. The summed E-state index contributed by atoms with van der Waals surface area (Å²) in [6, 6.07) is 11.5. The minimum atomic E-state index is 0. The van der Waals surface area contributed by atoms with Crippen molar-refractivity contribution in [3.8, 4) is 11.5 Å². The second kappa shape index (κ2) is 11.6. The number of aliphatic hydroxyl groups is 1. The molecule has 0 aliphatic carbocycles. The second-order valence-corrected chi connectivity index (χ2v) is 6.38. The highest BCUT2D eigenvalue weighted by molar-refractivity contribution is 9.10. The van der Waals surface area contributed by atoms with Crippen molar-refractivity contribution in [3.63, 3.8) is 0 Å². The summed E-state index contributed by atoms with van der Waals surface area (Å²) < 4.78 is 12.5. The van der Waals surface area contributed by atoms with Gasteiger partial charge in [0.15, 0.2) is 11.5 Å². The minimum Gasteiger partial charge on any atom is -1.00 e. The number of hydrogen-bond acceptors (Lipinski definition) is 4. The van der Waals surface area contributed by atoms with Crippen LogP contribution in [0.5, 0.6) is 11.5 Å². The molecule has 0 amide bonds. The molecule has 2 aromatic carbocycles. The first-order valence-corrected chi connectivity index (χ1v) is 8.95. The number of aliphatic hydroxyl groups excluding tert-OH is 1. The zero-order chi connectivity index (χ0) is 17.4. The summed E-state index contributed by atoms with van der Waals surface area (Å²) in [4.78, 5) is 0. The van der Waals surface area contributed by atoms with E-state index in [4.69, 9.17) is 26.2 Å². The molecule has 0 fully saturated rings. The van der Waals surface area contributed by atoms with Gasteiger partial charge in [0.05, 0.1) is 17.7 Å². The fourth-order valence-electron chi connectivity index (χ4n) is 2.20. The summed E-state index contributed by atoms with van der Waals surface area (Å²) in [5, 5.41) is 12.7. The monoisotopic (exact) mass is 448 g/mol. The largest absolute Gasteiger partial charge is 1.00 e. The molecule has 0 saturated carbocycles. The van der Waals surface area contributed by atoms with Crippen LogP contribution in [-0.4, -0.2) is 24.9 Å². The van der Waals surface area contributed by atoms with Crippen LogP contribution in [0.2, 0.25) is 5.02 Å². The van der Waals surface area contributed by atoms with Gasteiger partial charge in [0.25, 0.3) is 0 Å². The molecule has 0 aliphatic heterocycles. The smallest absolute Gasteiger partial charge is 0.175 e.